The number of carbonyl (C=O) groups excluding carboxylic acids is 2. The molecule has 0 saturated carbocycles. The fraction of sp³-hybridized carbons (Fsp3) is 0.294. The highest BCUT2D eigenvalue weighted by Gasteiger charge is 2.23. The Hall–Kier alpha value is -1.89. The predicted octanol–water partition coefficient (Wildman–Crippen LogP) is 2.86. The molecule has 24 heavy (non-hydrogen) atoms. The predicted molar refractivity (Wildman–Crippen MR) is 99.3 cm³/mol. The number of amides is 2. The molecule has 2 N–H and O–H groups in total. The monoisotopic (exact) mass is 365 g/mol. The molecule has 2 heterocycles. The second-order valence-corrected chi connectivity index (χ2v) is 6.51. The molecule has 1 aliphatic heterocycles. The van der Waals surface area contributed by atoms with Crippen LogP contribution in [0.25, 0.3) is 0 Å². The molecular formula is C17H20ClN3O2S. The van der Waals surface area contributed by atoms with Crippen molar-refractivity contribution in [3.05, 3.63) is 52.2 Å². The van der Waals surface area contributed by atoms with E-state index >= 15 is 0 Å². The number of rotatable bonds is 3. The van der Waals surface area contributed by atoms with Gasteiger partial charge in [-0.3, -0.25) is 9.59 Å². The van der Waals surface area contributed by atoms with Crippen LogP contribution in [0.1, 0.15) is 27.0 Å². The lowest BCUT2D eigenvalue weighted by molar-refractivity contribution is 0.0655. The highest BCUT2D eigenvalue weighted by Crippen LogP contribution is 2.16. The van der Waals surface area contributed by atoms with Crippen LogP contribution in [0.3, 0.4) is 0 Å². The first kappa shape index (κ1) is 18.4. The minimum Gasteiger partial charge on any atom is -0.333 e. The van der Waals surface area contributed by atoms with Gasteiger partial charge in [0.1, 0.15) is 0 Å². The molecule has 1 aromatic carbocycles. The molecule has 1 fully saturated rings. The fourth-order valence-corrected chi connectivity index (χ4v) is 3.22. The highest BCUT2D eigenvalue weighted by atomic mass is 35.5. The quantitative estimate of drug-likeness (QED) is 0.879. The Balaban J connectivity index is 0.00000208. The topological polar surface area (TPSA) is 61.4 Å². The summed E-state index contributed by atoms with van der Waals surface area (Å²) < 4.78 is 0. The summed E-state index contributed by atoms with van der Waals surface area (Å²) in [6.07, 6.45) is 0. The van der Waals surface area contributed by atoms with Crippen LogP contribution in [0.5, 0.6) is 0 Å². The zero-order valence-electron chi connectivity index (χ0n) is 13.3. The second-order valence-electron chi connectivity index (χ2n) is 5.56. The van der Waals surface area contributed by atoms with E-state index in [0.717, 1.165) is 19.6 Å². The number of piperazine rings is 1. The van der Waals surface area contributed by atoms with Crippen LogP contribution in [-0.4, -0.2) is 42.4 Å². The minimum absolute atomic E-state index is 0. The molecule has 1 saturated heterocycles. The summed E-state index contributed by atoms with van der Waals surface area (Å²) in [5, 5.41) is 7.98. The van der Waals surface area contributed by atoms with Crippen molar-refractivity contribution < 1.29 is 9.59 Å². The molecule has 0 aliphatic carbocycles. The Morgan fingerprint density at radius 2 is 2.00 bits per heavy atom. The molecule has 0 unspecified atom stereocenters. The van der Waals surface area contributed by atoms with Gasteiger partial charge in [-0.1, -0.05) is 6.07 Å². The molecule has 0 bridgehead atoms. The van der Waals surface area contributed by atoms with Gasteiger partial charge in [-0.2, -0.15) is 0 Å². The molecule has 0 spiro atoms. The molecule has 0 radical (unpaired) electrons. The highest BCUT2D eigenvalue weighted by molar-refractivity contribution is 7.12. The summed E-state index contributed by atoms with van der Waals surface area (Å²) in [5.74, 6) is -0.0927. The van der Waals surface area contributed by atoms with Gasteiger partial charge >= 0.3 is 0 Å². The van der Waals surface area contributed by atoms with Gasteiger partial charge in [0.2, 0.25) is 0 Å². The van der Waals surface area contributed by atoms with Crippen molar-refractivity contribution in [2.45, 2.75) is 13.0 Å². The molecule has 5 nitrogen and oxygen atoms in total. The van der Waals surface area contributed by atoms with E-state index < -0.39 is 0 Å². The van der Waals surface area contributed by atoms with E-state index in [-0.39, 0.29) is 30.3 Å². The summed E-state index contributed by atoms with van der Waals surface area (Å²) in [6, 6.07) is 10.9. The maximum atomic E-state index is 12.5. The molecule has 3 rings (SSSR count). The Bertz CT molecular complexity index is 688. The third-order valence-electron chi connectivity index (χ3n) is 3.90. The van der Waals surface area contributed by atoms with Gasteiger partial charge in [-0.15, -0.1) is 23.7 Å². The van der Waals surface area contributed by atoms with Crippen molar-refractivity contribution in [3.8, 4) is 0 Å². The third kappa shape index (κ3) is 4.14. The van der Waals surface area contributed by atoms with E-state index in [4.69, 9.17) is 0 Å². The van der Waals surface area contributed by atoms with Crippen molar-refractivity contribution in [1.29, 1.82) is 0 Å². The van der Waals surface area contributed by atoms with Crippen LogP contribution in [0.15, 0.2) is 41.8 Å². The number of hydrogen-bond acceptors (Lipinski definition) is 4. The lowest BCUT2D eigenvalue weighted by Gasteiger charge is -2.34. The number of anilines is 1. The largest absolute Gasteiger partial charge is 0.333 e. The van der Waals surface area contributed by atoms with Crippen LogP contribution in [0.2, 0.25) is 0 Å². The lowest BCUT2D eigenvalue weighted by Crippen LogP contribution is -2.52. The van der Waals surface area contributed by atoms with Gasteiger partial charge in [0, 0.05) is 36.9 Å². The Morgan fingerprint density at radius 3 is 2.62 bits per heavy atom. The van der Waals surface area contributed by atoms with E-state index in [2.05, 4.69) is 10.6 Å². The Morgan fingerprint density at radius 1 is 1.25 bits per heavy atom. The zero-order chi connectivity index (χ0) is 16.2. The van der Waals surface area contributed by atoms with Gasteiger partial charge in [0.25, 0.3) is 11.8 Å². The summed E-state index contributed by atoms with van der Waals surface area (Å²) in [4.78, 5) is 27.1. The van der Waals surface area contributed by atoms with Gasteiger partial charge in [-0.25, -0.2) is 0 Å². The molecule has 1 atom stereocenters. The van der Waals surface area contributed by atoms with Gasteiger partial charge in [0.15, 0.2) is 0 Å². The van der Waals surface area contributed by atoms with Crippen molar-refractivity contribution in [2.24, 2.45) is 0 Å². The number of hydrogen-bond donors (Lipinski definition) is 2. The van der Waals surface area contributed by atoms with Crippen LogP contribution in [-0.2, 0) is 0 Å². The summed E-state index contributed by atoms with van der Waals surface area (Å²) in [6.45, 7) is 4.41. The lowest BCUT2D eigenvalue weighted by atomic mass is 10.1. The smallest absolute Gasteiger partial charge is 0.265 e. The molecule has 7 heteroatoms. The summed E-state index contributed by atoms with van der Waals surface area (Å²) in [5.41, 5.74) is 1.33. The summed E-state index contributed by atoms with van der Waals surface area (Å²) in [7, 11) is 0. The Labute approximate surface area is 151 Å². The van der Waals surface area contributed by atoms with Gasteiger partial charge < -0.3 is 15.5 Å². The van der Waals surface area contributed by atoms with Crippen molar-refractivity contribution >= 4 is 41.2 Å². The van der Waals surface area contributed by atoms with E-state index in [0.29, 0.717) is 16.1 Å². The minimum atomic E-state index is -0.130. The first-order valence-corrected chi connectivity index (χ1v) is 8.50. The number of benzene rings is 1. The van der Waals surface area contributed by atoms with Crippen molar-refractivity contribution in [3.63, 3.8) is 0 Å². The zero-order valence-corrected chi connectivity index (χ0v) is 15.0. The fourth-order valence-electron chi connectivity index (χ4n) is 2.61. The van der Waals surface area contributed by atoms with E-state index in [9.17, 15) is 9.59 Å². The van der Waals surface area contributed by atoms with Crippen molar-refractivity contribution in [2.75, 3.05) is 25.0 Å². The van der Waals surface area contributed by atoms with Crippen molar-refractivity contribution in [1.82, 2.24) is 10.2 Å². The molecule has 1 aromatic heterocycles. The van der Waals surface area contributed by atoms with Gasteiger partial charge in [-0.05, 0) is 42.6 Å². The number of carbonyl (C=O) groups is 2. The van der Waals surface area contributed by atoms with Crippen LogP contribution in [0, 0.1) is 0 Å². The summed E-state index contributed by atoms with van der Waals surface area (Å²) >= 11 is 1.40. The van der Waals surface area contributed by atoms with Gasteiger partial charge in [0.05, 0.1) is 4.88 Å². The SMILES string of the molecule is C[C@H]1CNCCN1C(=O)c1ccc(NC(=O)c2cccs2)cc1.Cl. The molecule has 128 valence electrons. The first-order chi connectivity index (χ1) is 11.1. The van der Waals surface area contributed by atoms with Crippen LogP contribution < -0.4 is 10.6 Å². The maximum Gasteiger partial charge on any atom is 0.265 e. The molecular weight excluding hydrogens is 346 g/mol. The average Bonchev–Trinajstić information content (AvgIpc) is 3.10. The number of nitrogens with zero attached hydrogens (tertiary/aromatic N) is 1. The first-order valence-electron chi connectivity index (χ1n) is 7.62. The molecule has 2 amide bonds. The van der Waals surface area contributed by atoms with Crippen LogP contribution in [0.4, 0.5) is 5.69 Å². The van der Waals surface area contributed by atoms with E-state index in [1.165, 1.54) is 11.3 Å². The van der Waals surface area contributed by atoms with E-state index in [1.54, 1.807) is 30.3 Å². The standard InChI is InChI=1S/C17H19N3O2S.ClH/c1-12-11-18-8-9-20(12)17(22)13-4-6-14(7-5-13)19-16(21)15-3-2-10-23-15;/h2-7,10,12,18H,8-9,11H2,1H3,(H,19,21);1H/t12-;/m0./s1. The average molecular weight is 366 g/mol. The number of nitrogens with one attached hydrogen (secondary N) is 2. The Kier molecular flexibility index (Phi) is 6.36. The number of halogens is 1. The second kappa shape index (κ2) is 8.28. The number of thiophene rings is 1. The van der Waals surface area contributed by atoms with Crippen LogP contribution >= 0.6 is 23.7 Å². The van der Waals surface area contributed by atoms with E-state index in [1.807, 2.05) is 23.3 Å². The maximum absolute atomic E-state index is 12.5. The normalized spacial score (nSPS) is 17.0. The molecule has 2 aromatic rings. The molecule has 1 aliphatic rings. The third-order valence-corrected chi connectivity index (χ3v) is 4.77.